The predicted octanol–water partition coefficient (Wildman–Crippen LogP) is -3.25. The number of hydrogen-bond acceptors (Lipinski definition) is 6. The Bertz CT molecular complexity index is 264. The number of aromatic nitrogens is 8. The van der Waals surface area contributed by atoms with E-state index < -0.39 is 24.6 Å². The van der Waals surface area contributed by atoms with E-state index in [-0.39, 0.29) is 0 Å². The van der Waals surface area contributed by atoms with E-state index in [9.17, 15) is 0 Å². The molecule has 0 aromatic carbocycles. The van der Waals surface area contributed by atoms with Gasteiger partial charge in [0.15, 0.2) is 0 Å². The maximum atomic E-state index is 3.82. The van der Waals surface area contributed by atoms with Crippen LogP contribution in [0.5, 0.6) is 0 Å². The maximum absolute atomic E-state index is 3.82. The summed E-state index contributed by atoms with van der Waals surface area (Å²) in [5, 5.41) is 26.9. The van der Waals surface area contributed by atoms with Crippen molar-refractivity contribution >= 4 is 6.67 Å². The molecule has 0 amide bonds. The van der Waals surface area contributed by atoms with E-state index in [1.165, 1.54) is 0 Å². The van der Waals surface area contributed by atoms with E-state index in [0.29, 0.717) is 0 Å². The van der Waals surface area contributed by atoms with Crippen molar-refractivity contribution in [3.8, 4) is 0 Å². The third kappa shape index (κ3) is 1.56. The number of aromatic amines is 2. The second kappa shape index (κ2) is 2.99. The Labute approximate surface area is 72.6 Å². The molecule has 0 fully saturated rings. The van der Waals surface area contributed by atoms with Crippen molar-refractivity contribution in [1.82, 2.24) is 41.2 Å². The van der Waals surface area contributed by atoms with Gasteiger partial charge in [0.1, 0.15) is 0 Å². The Balaban J connectivity index is 2.14. The molecule has 2 aromatic rings. The molecule has 0 bridgehead atoms. The minimum atomic E-state index is -1.51. The van der Waals surface area contributed by atoms with Crippen LogP contribution < -0.4 is 6.67 Å². The number of tetrazole rings is 2. The van der Waals surface area contributed by atoms with Crippen LogP contribution >= 0.6 is 0 Å². The molecule has 0 aliphatic heterocycles. The fourth-order valence-corrected chi connectivity index (χ4v) is 4.02. The van der Waals surface area contributed by atoms with Crippen LogP contribution in [0.4, 0.5) is 0 Å². The summed E-state index contributed by atoms with van der Waals surface area (Å²) in [6.45, 7) is 0. The van der Waals surface area contributed by atoms with Crippen molar-refractivity contribution in [3.05, 3.63) is 0 Å². The standard InChI is InChI=1S/2CHN4.Hg/c2*1-2-4-5-3-1;/h2*(H,2,3,4,5);. The summed E-state index contributed by atoms with van der Waals surface area (Å²) in [6, 6.07) is 0. The minimum absolute atomic E-state index is 0.770. The molecule has 0 spiro atoms. The van der Waals surface area contributed by atoms with Gasteiger partial charge in [-0.05, 0) is 0 Å². The molecule has 0 saturated carbocycles. The third-order valence-electron chi connectivity index (χ3n) is 1.09. The van der Waals surface area contributed by atoms with E-state index >= 15 is 0 Å². The van der Waals surface area contributed by atoms with Gasteiger partial charge in [-0.1, -0.05) is 0 Å². The normalized spacial score (nSPS) is 9.45. The van der Waals surface area contributed by atoms with Gasteiger partial charge in [0.05, 0.1) is 0 Å². The Morgan fingerprint density at radius 1 is 0.909 bits per heavy atom. The van der Waals surface area contributed by atoms with Crippen LogP contribution in [-0.4, -0.2) is 41.2 Å². The molecule has 2 N–H and O–H groups in total. The van der Waals surface area contributed by atoms with Gasteiger partial charge in [-0.3, -0.25) is 0 Å². The first-order valence-electron chi connectivity index (χ1n) is 2.90. The van der Waals surface area contributed by atoms with Crippen molar-refractivity contribution in [2.24, 2.45) is 0 Å². The summed E-state index contributed by atoms with van der Waals surface area (Å²) >= 11 is -1.51. The van der Waals surface area contributed by atoms with Crippen LogP contribution in [0.3, 0.4) is 0 Å². The topological polar surface area (TPSA) is 109 Å². The number of nitrogens with one attached hydrogen (secondary N) is 2. The first kappa shape index (κ1) is 6.76. The fourth-order valence-electron chi connectivity index (χ4n) is 0.656. The van der Waals surface area contributed by atoms with Gasteiger partial charge in [0.25, 0.3) is 0 Å². The summed E-state index contributed by atoms with van der Waals surface area (Å²) in [5.41, 5.74) is 0. The monoisotopic (exact) mass is 340 g/mol. The SMILES string of the molecule is n1n[c]([Hg][c]2nn[nH]n2)n[nH]1. The molecule has 0 atom stereocenters. The first-order valence-corrected chi connectivity index (χ1v) is 8.39. The molecule has 11 heavy (non-hydrogen) atoms. The van der Waals surface area contributed by atoms with Gasteiger partial charge >= 0.3 is 72.5 Å². The number of H-pyrrole nitrogens is 2. The molecule has 8 nitrogen and oxygen atoms in total. The van der Waals surface area contributed by atoms with E-state index in [2.05, 4.69) is 41.2 Å². The van der Waals surface area contributed by atoms with Gasteiger partial charge in [-0.2, -0.15) is 0 Å². The Morgan fingerprint density at radius 3 is 1.82 bits per heavy atom. The van der Waals surface area contributed by atoms with Crippen LogP contribution in [0, 0.1) is 0 Å². The second-order valence-electron chi connectivity index (χ2n) is 1.83. The molecule has 0 aliphatic carbocycles. The Kier molecular flexibility index (Phi) is 1.84. The van der Waals surface area contributed by atoms with Crippen LogP contribution in [-0.2, 0) is 24.6 Å². The van der Waals surface area contributed by atoms with Crippen molar-refractivity contribution in [3.63, 3.8) is 0 Å². The molecule has 0 saturated heterocycles. The van der Waals surface area contributed by atoms with Crippen molar-refractivity contribution in [1.29, 1.82) is 0 Å². The Hall–Kier alpha value is -0.925. The number of nitrogens with zero attached hydrogens (tertiary/aromatic N) is 6. The zero-order valence-electron chi connectivity index (χ0n) is 5.39. The van der Waals surface area contributed by atoms with Crippen molar-refractivity contribution in [2.75, 3.05) is 0 Å². The first-order chi connectivity index (χ1) is 5.45. The van der Waals surface area contributed by atoms with E-state index in [1.807, 2.05) is 0 Å². The van der Waals surface area contributed by atoms with Crippen LogP contribution in [0.25, 0.3) is 0 Å². The summed E-state index contributed by atoms with van der Waals surface area (Å²) < 4.78 is 1.54. The van der Waals surface area contributed by atoms with Gasteiger partial charge in [-0.15, -0.1) is 0 Å². The van der Waals surface area contributed by atoms with Crippen molar-refractivity contribution in [2.45, 2.75) is 0 Å². The third-order valence-corrected chi connectivity index (χ3v) is 5.88. The van der Waals surface area contributed by atoms with Crippen molar-refractivity contribution < 1.29 is 24.6 Å². The van der Waals surface area contributed by atoms with Crippen LogP contribution in [0.1, 0.15) is 0 Å². The molecule has 52 valence electrons. The molecule has 0 unspecified atom stereocenters. The van der Waals surface area contributed by atoms with Crippen LogP contribution in [0.2, 0.25) is 0 Å². The van der Waals surface area contributed by atoms with E-state index in [1.54, 1.807) is 0 Å². The summed E-state index contributed by atoms with van der Waals surface area (Å²) in [7, 11) is 0. The molecular weight excluding hydrogens is 337 g/mol. The predicted molar refractivity (Wildman–Crippen MR) is 27.6 cm³/mol. The number of hydrogen-bond donors (Lipinski definition) is 2. The molecule has 2 heterocycles. The average molecular weight is 339 g/mol. The molecular formula is C2H2HgN8. The zero-order chi connectivity index (χ0) is 7.52. The molecule has 2 rings (SSSR count). The summed E-state index contributed by atoms with van der Waals surface area (Å²) in [6.07, 6.45) is 0. The summed E-state index contributed by atoms with van der Waals surface area (Å²) in [4.78, 5) is 0. The number of rotatable bonds is 2. The van der Waals surface area contributed by atoms with Crippen LogP contribution in [0.15, 0.2) is 0 Å². The average Bonchev–Trinajstić information content (AvgIpc) is 2.60. The molecule has 0 aliphatic rings. The quantitative estimate of drug-likeness (QED) is 0.557. The molecule has 2 aromatic heterocycles. The second-order valence-corrected chi connectivity index (χ2v) is 8.12. The van der Waals surface area contributed by atoms with Gasteiger partial charge < -0.3 is 0 Å². The van der Waals surface area contributed by atoms with Gasteiger partial charge in [-0.25, -0.2) is 0 Å². The van der Waals surface area contributed by atoms with Gasteiger partial charge in [0, 0.05) is 0 Å². The molecule has 0 radical (unpaired) electrons. The van der Waals surface area contributed by atoms with Gasteiger partial charge in [0.2, 0.25) is 0 Å². The van der Waals surface area contributed by atoms with E-state index in [0.717, 1.165) is 6.67 Å². The molecule has 9 heteroatoms. The Morgan fingerprint density at radius 2 is 1.45 bits per heavy atom. The fraction of sp³-hybridized carbons (Fsp3) is 0. The van der Waals surface area contributed by atoms with E-state index in [4.69, 9.17) is 0 Å². The summed E-state index contributed by atoms with van der Waals surface area (Å²) in [5.74, 6) is 0. The zero-order valence-corrected chi connectivity index (χ0v) is 10.9.